The Morgan fingerprint density at radius 1 is 1.25 bits per heavy atom. The van der Waals surface area contributed by atoms with Crippen molar-refractivity contribution in [2.75, 3.05) is 13.2 Å². The molecule has 0 amide bonds. The Balaban J connectivity index is 2.84. The van der Waals surface area contributed by atoms with Crippen molar-refractivity contribution in [3.8, 4) is 0 Å². The van der Waals surface area contributed by atoms with Crippen molar-refractivity contribution < 1.29 is 23.8 Å². The monoisotopic (exact) mass is 246 g/mol. The summed E-state index contributed by atoms with van der Waals surface area (Å²) >= 11 is 0. The molecule has 0 bridgehead atoms. The molecule has 0 saturated carbocycles. The highest BCUT2D eigenvalue weighted by Gasteiger charge is 2.27. The van der Waals surface area contributed by atoms with Crippen LogP contribution in [-0.2, 0) is 13.6 Å². The van der Waals surface area contributed by atoms with Gasteiger partial charge in [-0.15, -0.1) is 0 Å². The summed E-state index contributed by atoms with van der Waals surface area (Å²) in [7, 11) is -3.45. The Kier molecular flexibility index (Phi) is 5.12. The molecule has 1 unspecified atom stereocenters. The molecule has 0 aliphatic carbocycles. The van der Waals surface area contributed by atoms with Crippen molar-refractivity contribution in [1.29, 1.82) is 0 Å². The van der Waals surface area contributed by atoms with E-state index in [0.717, 1.165) is 0 Å². The average molecular weight is 246 g/mol. The lowest BCUT2D eigenvalue weighted by Crippen LogP contribution is -2.17. The van der Waals surface area contributed by atoms with Crippen LogP contribution < -0.4 is 5.30 Å². The first-order valence-electron chi connectivity index (χ1n) is 4.89. The Hall–Kier alpha value is -0.710. The molecule has 0 saturated heterocycles. The second-order valence-corrected chi connectivity index (χ2v) is 5.05. The fraction of sp³-hybridized carbons (Fsp3) is 0.400. The van der Waals surface area contributed by atoms with Crippen LogP contribution in [0.2, 0.25) is 0 Å². The SMILES string of the molecule is CCOP(=O)(OCC(O)O)c1ccccc1. The maximum absolute atomic E-state index is 12.3. The van der Waals surface area contributed by atoms with Gasteiger partial charge in [-0.3, -0.25) is 9.09 Å². The predicted octanol–water partition coefficient (Wildman–Crippen LogP) is 0.869. The van der Waals surface area contributed by atoms with Crippen molar-refractivity contribution in [2.24, 2.45) is 0 Å². The zero-order valence-electron chi connectivity index (χ0n) is 8.94. The molecule has 0 aromatic heterocycles. The Morgan fingerprint density at radius 2 is 1.88 bits per heavy atom. The summed E-state index contributed by atoms with van der Waals surface area (Å²) in [5.41, 5.74) is 0. The van der Waals surface area contributed by atoms with E-state index < -0.39 is 20.5 Å². The third-order valence-corrected chi connectivity index (χ3v) is 3.78. The third-order valence-electron chi connectivity index (χ3n) is 1.77. The lowest BCUT2D eigenvalue weighted by molar-refractivity contribution is -0.0701. The molecule has 1 aromatic rings. The largest absolute Gasteiger partial charge is 0.366 e. The quantitative estimate of drug-likeness (QED) is 0.575. The number of rotatable bonds is 6. The normalized spacial score (nSPS) is 15.0. The van der Waals surface area contributed by atoms with Gasteiger partial charge in [0.05, 0.1) is 11.9 Å². The molecule has 2 N–H and O–H groups in total. The second kappa shape index (κ2) is 6.13. The van der Waals surface area contributed by atoms with E-state index in [1.165, 1.54) is 0 Å². The van der Waals surface area contributed by atoms with Gasteiger partial charge < -0.3 is 14.7 Å². The summed E-state index contributed by atoms with van der Waals surface area (Å²) in [6, 6.07) is 8.42. The summed E-state index contributed by atoms with van der Waals surface area (Å²) in [4.78, 5) is 0. The van der Waals surface area contributed by atoms with E-state index in [0.29, 0.717) is 5.30 Å². The second-order valence-electron chi connectivity index (χ2n) is 3.03. The van der Waals surface area contributed by atoms with Crippen molar-refractivity contribution in [3.63, 3.8) is 0 Å². The first-order chi connectivity index (χ1) is 7.58. The van der Waals surface area contributed by atoms with Gasteiger partial charge in [0.1, 0.15) is 6.61 Å². The lowest BCUT2D eigenvalue weighted by Gasteiger charge is -2.18. The van der Waals surface area contributed by atoms with Gasteiger partial charge in [0.2, 0.25) is 0 Å². The number of aliphatic hydroxyl groups is 2. The van der Waals surface area contributed by atoms with Crippen LogP contribution in [0.5, 0.6) is 0 Å². The molecule has 1 atom stereocenters. The van der Waals surface area contributed by atoms with E-state index in [4.69, 9.17) is 19.3 Å². The number of hydrogen-bond donors (Lipinski definition) is 2. The molecular weight excluding hydrogens is 231 g/mol. The van der Waals surface area contributed by atoms with Crippen LogP contribution in [-0.4, -0.2) is 29.7 Å². The van der Waals surface area contributed by atoms with Crippen LogP contribution >= 0.6 is 7.60 Å². The standard InChI is InChI=1S/C10H15O5P/c1-2-14-16(13,15-8-10(11)12)9-6-4-3-5-7-9/h3-7,10-12H,2,8H2,1H3. The van der Waals surface area contributed by atoms with Crippen LogP contribution in [0.1, 0.15) is 6.92 Å². The van der Waals surface area contributed by atoms with E-state index in [1.807, 2.05) is 0 Å². The van der Waals surface area contributed by atoms with Crippen molar-refractivity contribution in [1.82, 2.24) is 0 Å². The maximum atomic E-state index is 12.3. The van der Waals surface area contributed by atoms with Crippen molar-refractivity contribution in [3.05, 3.63) is 30.3 Å². The average Bonchev–Trinajstić information content (AvgIpc) is 2.28. The van der Waals surface area contributed by atoms with Crippen LogP contribution in [0, 0.1) is 0 Å². The van der Waals surface area contributed by atoms with Gasteiger partial charge in [0.15, 0.2) is 6.29 Å². The first kappa shape index (κ1) is 13.4. The number of aliphatic hydroxyl groups excluding tert-OH is 1. The summed E-state index contributed by atoms with van der Waals surface area (Å²) < 4.78 is 22.3. The summed E-state index contributed by atoms with van der Waals surface area (Å²) in [5, 5.41) is 17.8. The molecule has 0 aliphatic heterocycles. The van der Waals surface area contributed by atoms with Gasteiger partial charge in [-0.25, -0.2) is 0 Å². The van der Waals surface area contributed by atoms with E-state index in [9.17, 15) is 4.57 Å². The highest BCUT2D eigenvalue weighted by atomic mass is 31.2. The minimum absolute atomic E-state index is 0.216. The van der Waals surface area contributed by atoms with Crippen LogP contribution in [0.15, 0.2) is 30.3 Å². The summed E-state index contributed by atoms with van der Waals surface area (Å²) in [6.45, 7) is 1.45. The van der Waals surface area contributed by atoms with Gasteiger partial charge in [-0.2, -0.15) is 0 Å². The van der Waals surface area contributed by atoms with Crippen LogP contribution in [0.4, 0.5) is 0 Å². The minimum Gasteiger partial charge on any atom is -0.366 e. The van der Waals surface area contributed by atoms with Gasteiger partial charge in [-0.05, 0) is 19.1 Å². The third kappa shape index (κ3) is 3.70. The highest BCUT2D eigenvalue weighted by Crippen LogP contribution is 2.46. The number of benzene rings is 1. The fourth-order valence-electron chi connectivity index (χ4n) is 1.13. The number of hydrogen-bond acceptors (Lipinski definition) is 5. The van der Waals surface area contributed by atoms with Gasteiger partial charge >= 0.3 is 7.60 Å². The maximum Gasteiger partial charge on any atom is 0.361 e. The highest BCUT2D eigenvalue weighted by molar-refractivity contribution is 7.62. The molecule has 1 aromatic carbocycles. The molecule has 0 heterocycles. The molecule has 16 heavy (non-hydrogen) atoms. The Labute approximate surface area is 94.2 Å². The van der Waals surface area contributed by atoms with E-state index >= 15 is 0 Å². The van der Waals surface area contributed by atoms with E-state index in [-0.39, 0.29) is 6.61 Å². The zero-order valence-corrected chi connectivity index (χ0v) is 9.84. The molecule has 0 fully saturated rings. The molecule has 6 heteroatoms. The molecule has 90 valence electrons. The van der Waals surface area contributed by atoms with Gasteiger partial charge in [-0.1, -0.05) is 18.2 Å². The van der Waals surface area contributed by atoms with E-state index in [1.54, 1.807) is 37.3 Å². The van der Waals surface area contributed by atoms with Crippen molar-refractivity contribution in [2.45, 2.75) is 13.2 Å². The summed E-state index contributed by atoms with van der Waals surface area (Å²) in [6.07, 6.45) is -1.67. The van der Waals surface area contributed by atoms with Gasteiger partial charge in [0, 0.05) is 0 Å². The van der Waals surface area contributed by atoms with E-state index in [2.05, 4.69) is 0 Å². The minimum atomic E-state index is -3.45. The first-order valence-corrected chi connectivity index (χ1v) is 6.43. The molecule has 1 rings (SSSR count). The topological polar surface area (TPSA) is 76.0 Å². The van der Waals surface area contributed by atoms with Crippen molar-refractivity contribution >= 4 is 12.9 Å². The summed E-state index contributed by atoms with van der Waals surface area (Å²) in [5.74, 6) is 0. The van der Waals surface area contributed by atoms with Gasteiger partial charge in [0.25, 0.3) is 0 Å². The van der Waals surface area contributed by atoms with Crippen LogP contribution in [0.25, 0.3) is 0 Å². The molecular formula is C10H15O5P. The zero-order chi connectivity index (χ0) is 12.0. The lowest BCUT2D eigenvalue weighted by atomic mass is 10.4. The molecule has 0 spiro atoms. The smallest absolute Gasteiger partial charge is 0.361 e. The molecule has 0 radical (unpaired) electrons. The Morgan fingerprint density at radius 3 is 2.38 bits per heavy atom. The van der Waals surface area contributed by atoms with Crippen LogP contribution in [0.3, 0.4) is 0 Å². The molecule has 0 aliphatic rings. The fourth-order valence-corrected chi connectivity index (χ4v) is 2.71. The molecule has 5 nitrogen and oxygen atoms in total. The predicted molar refractivity (Wildman–Crippen MR) is 59.5 cm³/mol. The Bertz CT molecular complexity index is 351.